The molecule has 1 heterocycles. The van der Waals surface area contributed by atoms with E-state index in [0.717, 1.165) is 11.1 Å². The summed E-state index contributed by atoms with van der Waals surface area (Å²) in [5.74, 6) is -0.471. The topological polar surface area (TPSA) is 62.0 Å². The van der Waals surface area contributed by atoms with Gasteiger partial charge in [-0.3, -0.25) is 9.59 Å². The maximum atomic E-state index is 12.7. The van der Waals surface area contributed by atoms with Gasteiger partial charge in [-0.25, -0.2) is 0 Å². The van der Waals surface area contributed by atoms with Crippen LogP contribution in [0.25, 0.3) is 11.1 Å². The van der Waals surface area contributed by atoms with Crippen molar-refractivity contribution < 1.29 is 4.79 Å². The summed E-state index contributed by atoms with van der Waals surface area (Å²) in [5, 5.41) is 3.33. The zero-order valence-electron chi connectivity index (χ0n) is 13.0. The lowest BCUT2D eigenvalue weighted by atomic mass is 10.0. The van der Waals surface area contributed by atoms with Gasteiger partial charge in [-0.15, -0.1) is 0 Å². The first-order chi connectivity index (χ1) is 11.6. The molecule has 0 bridgehead atoms. The molecule has 0 unspecified atom stereocenters. The second-order valence-electron chi connectivity index (χ2n) is 5.33. The minimum atomic E-state index is -0.471. The van der Waals surface area contributed by atoms with Crippen molar-refractivity contribution in [2.45, 2.75) is 6.92 Å². The Kier molecular flexibility index (Phi) is 4.49. The maximum absolute atomic E-state index is 12.7. The third kappa shape index (κ3) is 3.09. The number of aromatic nitrogens is 1. The van der Waals surface area contributed by atoms with Crippen LogP contribution in [0.15, 0.2) is 65.6 Å². The summed E-state index contributed by atoms with van der Waals surface area (Å²) >= 11 is 6.08. The Bertz CT molecular complexity index is 949. The van der Waals surface area contributed by atoms with Gasteiger partial charge >= 0.3 is 0 Å². The number of amides is 1. The Morgan fingerprint density at radius 2 is 1.79 bits per heavy atom. The molecule has 0 fully saturated rings. The normalized spacial score (nSPS) is 10.4. The highest BCUT2D eigenvalue weighted by Gasteiger charge is 2.18. The Balaban J connectivity index is 2.05. The molecular weight excluding hydrogens is 324 g/mol. The molecule has 0 atom stereocenters. The zero-order valence-corrected chi connectivity index (χ0v) is 13.7. The second-order valence-corrected chi connectivity index (χ2v) is 5.74. The summed E-state index contributed by atoms with van der Waals surface area (Å²) in [7, 11) is 0. The zero-order chi connectivity index (χ0) is 17.1. The number of pyridine rings is 1. The third-order valence-corrected chi connectivity index (χ3v) is 4.20. The molecule has 4 nitrogen and oxygen atoms in total. The summed E-state index contributed by atoms with van der Waals surface area (Å²) < 4.78 is 0. The highest BCUT2D eigenvalue weighted by Crippen LogP contribution is 2.25. The van der Waals surface area contributed by atoms with Gasteiger partial charge in [0.05, 0.1) is 0 Å². The number of halogens is 1. The molecule has 0 aliphatic rings. The molecule has 5 heteroatoms. The monoisotopic (exact) mass is 338 g/mol. The summed E-state index contributed by atoms with van der Waals surface area (Å²) in [6.07, 6.45) is 1.53. The third-order valence-electron chi connectivity index (χ3n) is 3.79. The van der Waals surface area contributed by atoms with E-state index in [1.807, 2.05) is 37.3 Å². The molecule has 3 aromatic rings. The van der Waals surface area contributed by atoms with Gasteiger partial charge in [0.15, 0.2) is 0 Å². The van der Waals surface area contributed by atoms with Crippen molar-refractivity contribution in [3.8, 4) is 11.1 Å². The van der Waals surface area contributed by atoms with Gasteiger partial charge in [0, 0.05) is 22.5 Å². The molecule has 0 radical (unpaired) electrons. The molecule has 2 N–H and O–H groups in total. The minimum Gasteiger partial charge on any atom is -0.328 e. The molecule has 0 spiro atoms. The van der Waals surface area contributed by atoms with Crippen molar-refractivity contribution in [1.82, 2.24) is 4.98 Å². The summed E-state index contributed by atoms with van der Waals surface area (Å²) in [5.41, 5.74) is 2.35. The van der Waals surface area contributed by atoms with Crippen LogP contribution in [0.4, 0.5) is 5.69 Å². The minimum absolute atomic E-state index is 0.0723. The van der Waals surface area contributed by atoms with Gasteiger partial charge in [0.2, 0.25) is 0 Å². The lowest BCUT2D eigenvalue weighted by molar-refractivity contribution is 0.102. The molecular formula is C19H15ClN2O2. The van der Waals surface area contributed by atoms with E-state index >= 15 is 0 Å². The molecule has 3 rings (SSSR count). The first-order valence-electron chi connectivity index (χ1n) is 7.41. The summed E-state index contributed by atoms with van der Waals surface area (Å²) in [6, 6.07) is 16.3. The highest BCUT2D eigenvalue weighted by atomic mass is 35.5. The van der Waals surface area contributed by atoms with Crippen LogP contribution in [-0.2, 0) is 0 Å². The first kappa shape index (κ1) is 16.0. The molecule has 2 aromatic carbocycles. The molecule has 120 valence electrons. The smallest absolute Gasteiger partial charge is 0.261 e. The van der Waals surface area contributed by atoms with E-state index in [4.69, 9.17) is 11.6 Å². The van der Waals surface area contributed by atoms with Crippen molar-refractivity contribution in [1.29, 1.82) is 0 Å². The fourth-order valence-electron chi connectivity index (χ4n) is 2.49. The fraction of sp³-hybridized carbons (Fsp3) is 0.0526. The molecule has 1 amide bonds. The van der Waals surface area contributed by atoms with Gasteiger partial charge in [-0.1, -0.05) is 48.0 Å². The molecule has 0 saturated carbocycles. The van der Waals surface area contributed by atoms with Crippen LogP contribution >= 0.6 is 11.6 Å². The van der Waals surface area contributed by atoms with E-state index in [-0.39, 0.29) is 5.56 Å². The van der Waals surface area contributed by atoms with E-state index < -0.39 is 11.5 Å². The number of rotatable bonds is 3. The van der Waals surface area contributed by atoms with Gasteiger partial charge in [-0.05, 0) is 36.2 Å². The number of carbonyl (C=O) groups is 1. The highest BCUT2D eigenvalue weighted by molar-refractivity contribution is 6.31. The van der Waals surface area contributed by atoms with Crippen molar-refractivity contribution in [2.24, 2.45) is 0 Å². The standard InChI is InChI=1S/C19H15ClN2O2/c1-12-15(20)8-5-9-16(12)22-19(24)17-14(10-11-21-18(17)23)13-6-3-2-4-7-13/h2-11H,1H3,(H,21,23)(H,22,24). The van der Waals surface area contributed by atoms with Crippen LogP contribution in [0.5, 0.6) is 0 Å². The average Bonchev–Trinajstić information content (AvgIpc) is 2.59. The molecule has 0 saturated heterocycles. The SMILES string of the molecule is Cc1c(Cl)cccc1NC(=O)c1c(-c2ccccc2)cc[nH]c1=O. The fourth-order valence-corrected chi connectivity index (χ4v) is 2.66. The van der Waals surface area contributed by atoms with Crippen LogP contribution < -0.4 is 10.9 Å². The second kappa shape index (κ2) is 6.72. The van der Waals surface area contributed by atoms with Gasteiger partial charge in [0.25, 0.3) is 11.5 Å². The average molecular weight is 339 g/mol. The number of hydrogen-bond donors (Lipinski definition) is 2. The number of hydrogen-bond acceptors (Lipinski definition) is 2. The number of benzene rings is 2. The van der Waals surface area contributed by atoms with E-state index in [2.05, 4.69) is 10.3 Å². The number of H-pyrrole nitrogens is 1. The molecule has 0 aliphatic carbocycles. The van der Waals surface area contributed by atoms with Crippen LogP contribution in [0.1, 0.15) is 15.9 Å². The Hall–Kier alpha value is -2.85. The first-order valence-corrected chi connectivity index (χ1v) is 7.79. The van der Waals surface area contributed by atoms with Crippen molar-refractivity contribution in [3.05, 3.63) is 87.3 Å². The lowest BCUT2D eigenvalue weighted by Gasteiger charge is -2.12. The number of carbonyl (C=O) groups excluding carboxylic acids is 1. The van der Waals surface area contributed by atoms with Crippen LogP contribution in [-0.4, -0.2) is 10.9 Å². The largest absolute Gasteiger partial charge is 0.328 e. The quantitative estimate of drug-likeness (QED) is 0.749. The Morgan fingerprint density at radius 1 is 1.04 bits per heavy atom. The van der Waals surface area contributed by atoms with Crippen molar-refractivity contribution in [2.75, 3.05) is 5.32 Å². The molecule has 24 heavy (non-hydrogen) atoms. The van der Waals surface area contributed by atoms with Gasteiger partial charge < -0.3 is 10.3 Å². The summed E-state index contributed by atoms with van der Waals surface area (Å²) in [6.45, 7) is 1.81. The number of nitrogens with one attached hydrogen (secondary N) is 2. The van der Waals surface area contributed by atoms with E-state index in [9.17, 15) is 9.59 Å². The predicted molar refractivity (Wildman–Crippen MR) is 96.6 cm³/mol. The number of aromatic amines is 1. The Labute approximate surface area is 144 Å². The lowest BCUT2D eigenvalue weighted by Crippen LogP contribution is -2.24. The van der Waals surface area contributed by atoms with Crippen LogP contribution in [0.3, 0.4) is 0 Å². The molecule has 1 aromatic heterocycles. The van der Waals surface area contributed by atoms with E-state index in [1.165, 1.54) is 6.20 Å². The maximum Gasteiger partial charge on any atom is 0.261 e. The van der Waals surface area contributed by atoms with Crippen molar-refractivity contribution in [3.63, 3.8) is 0 Å². The summed E-state index contributed by atoms with van der Waals surface area (Å²) in [4.78, 5) is 27.5. The Morgan fingerprint density at radius 3 is 2.54 bits per heavy atom. The van der Waals surface area contributed by atoms with E-state index in [1.54, 1.807) is 24.3 Å². The number of anilines is 1. The predicted octanol–water partition coefficient (Wildman–Crippen LogP) is 4.26. The van der Waals surface area contributed by atoms with Crippen LogP contribution in [0, 0.1) is 6.92 Å². The van der Waals surface area contributed by atoms with Gasteiger partial charge in [-0.2, -0.15) is 0 Å². The van der Waals surface area contributed by atoms with E-state index in [0.29, 0.717) is 16.3 Å². The molecule has 0 aliphatic heterocycles. The van der Waals surface area contributed by atoms with Crippen molar-refractivity contribution >= 4 is 23.2 Å². The van der Waals surface area contributed by atoms with Crippen LogP contribution in [0.2, 0.25) is 5.02 Å². The van der Waals surface area contributed by atoms with Gasteiger partial charge in [0.1, 0.15) is 5.56 Å².